The van der Waals surface area contributed by atoms with Gasteiger partial charge in [-0.25, -0.2) is 9.97 Å². The number of nitrogens with zero attached hydrogens (tertiary/aromatic N) is 2. The van der Waals surface area contributed by atoms with Crippen LogP contribution in [0.3, 0.4) is 0 Å². The summed E-state index contributed by atoms with van der Waals surface area (Å²) in [5.41, 5.74) is 6.86. The van der Waals surface area contributed by atoms with E-state index in [1.54, 1.807) is 7.05 Å². The number of amides is 1. The Hall–Kier alpha value is -2.11. The number of rotatable bonds is 5. The molecule has 0 aliphatic heterocycles. The van der Waals surface area contributed by atoms with E-state index in [0.29, 0.717) is 23.1 Å². The highest BCUT2D eigenvalue weighted by Crippen LogP contribution is 2.25. The van der Waals surface area contributed by atoms with Gasteiger partial charge >= 0.3 is 0 Å². The van der Waals surface area contributed by atoms with E-state index >= 15 is 0 Å². The lowest BCUT2D eigenvalue weighted by atomic mass is 10.1. The van der Waals surface area contributed by atoms with Crippen LogP contribution in [0.4, 0.5) is 5.82 Å². The van der Waals surface area contributed by atoms with Crippen LogP contribution in [0.15, 0.2) is 12.3 Å². The molecule has 1 fully saturated rings. The Morgan fingerprint density at radius 1 is 1.45 bits per heavy atom. The Kier molecular flexibility index (Phi) is 5.35. The normalized spacial score (nSPS) is 21.7. The average molecular weight is 303 g/mol. The molecule has 0 spiro atoms. The first-order chi connectivity index (χ1) is 10.6. The molecule has 6 heteroatoms. The van der Waals surface area contributed by atoms with Crippen LogP contribution in [0.2, 0.25) is 0 Å². The lowest BCUT2D eigenvalue weighted by molar-refractivity contribution is -0.116. The van der Waals surface area contributed by atoms with E-state index in [9.17, 15) is 4.79 Å². The summed E-state index contributed by atoms with van der Waals surface area (Å²) in [7, 11) is 1.79. The van der Waals surface area contributed by atoms with Gasteiger partial charge in [0.1, 0.15) is 5.82 Å². The SMILES string of the molecule is CCc1cc(NC)nc(/C(=C\N)C(=O)NC2CCC(C)C2)n1. The summed E-state index contributed by atoms with van der Waals surface area (Å²) in [4.78, 5) is 21.2. The minimum atomic E-state index is -0.197. The quantitative estimate of drug-likeness (QED) is 0.720. The van der Waals surface area contributed by atoms with Gasteiger partial charge in [-0.05, 0) is 31.6 Å². The molecule has 0 bridgehead atoms. The van der Waals surface area contributed by atoms with Crippen LogP contribution in [0, 0.1) is 5.92 Å². The molecule has 0 saturated heterocycles. The molecule has 2 rings (SSSR count). The average Bonchev–Trinajstić information content (AvgIpc) is 2.92. The van der Waals surface area contributed by atoms with Crippen molar-refractivity contribution in [3.63, 3.8) is 0 Å². The molecule has 2 unspecified atom stereocenters. The summed E-state index contributed by atoms with van der Waals surface area (Å²) in [6, 6.07) is 2.09. The number of anilines is 1. The lowest BCUT2D eigenvalue weighted by Crippen LogP contribution is -2.34. The van der Waals surface area contributed by atoms with Gasteiger partial charge in [0, 0.05) is 31.0 Å². The molecule has 0 radical (unpaired) electrons. The summed E-state index contributed by atoms with van der Waals surface area (Å²) in [5, 5.41) is 6.03. The highest BCUT2D eigenvalue weighted by atomic mass is 16.1. The Labute approximate surface area is 131 Å². The maximum atomic E-state index is 12.5. The highest BCUT2D eigenvalue weighted by molar-refractivity contribution is 6.18. The number of hydrogen-bond donors (Lipinski definition) is 3. The van der Waals surface area contributed by atoms with Gasteiger partial charge in [0.15, 0.2) is 5.82 Å². The molecule has 22 heavy (non-hydrogen) atoms. The molecule has 6 nitrogen and oxygen atoms in total. The monoisotopic (exact) mass is 303 g/mol. The number of aryl methyl sites for hydroxylation is 1. The Morgan fingerprint density at radius 3 is 2.77 bits per heavy atom. The molecule has 1 aromatic rings. The van der Waals surface area contributed by atoms with Crippen molar-refractivity contribution >= 4 is 17.3 Å². The lowest BCUT2D eigenvalue weighted by Gasteiger charge is -2.14. The minimum Gasteiger partial charge on any atom is -0.404 e. The van der Waals surface area contributed by atoms with Crippen LogP contribution in [0.5, 0.6) is 0 Å². The van der Waals surface area contributed by atoms with Crippen LogP contribution in [-0.2, 0) is 11.2 Å². The van der Waals surface area contributed by atoms with Crippen molar-refractivity contribution in [2.24, 2.45) is 11.7 Å². The van der Waals surface area contributed by atoms with E-state index in [1.807, 2.05) is 13.0 Å². The number of nitrogens with one attached hydrogen (secondary N) is 2. The van der Waals surface area contributed by atoms with Crippen molar-refractivity contribution in [2.75, 3.05) is 12.4 Å². The first-order valence-electron chi connectivity index (χ1n) is 7.86. The van der Waals surface area contributed by atoms with Gasteiger partial charge < -0.3 is 16.4 Å². The second-order valence-corrected chi connectivity index (χ2v) is 5.84. The summed E-state index contributed by atoms with van der Waals surface area (Å²) in [6.45, 7) is 4.22. The van der Waals surface area contributed by atoms with Gasteiger partial charge in [0.25, 0.3) is 5.91 Å². The first-order valence-corrected chi connectivity index (χ1v) is 7.86. The summed E-state index contributed by atoms with van der Waals surface area (Å²) in [5.74, 6) is 1.52. The number of aromatic nitrogens is 2. The van der Waals surface area contributed by atoms with Crippen LogP contribution in [0.25, 0.3) is 5.57 Å². The van der Waals surface area contributed by atoms with Crippen molar-refractivity contribution in [3.05, 3.63) is 23.8 Å². The third kappa shape index (κ3) is 3.75. The zero-order chi connectivity index (χ0) is 16.1. The van der Waals surface area contributed by atoms with Crippen LogP contribution in [0.1, 0.15) is 44.6 Å². The van der Waals surface area contributed by atoms with Gasteiger partial charge in [-0.15, -0.1) is 0 Å². The fraction of sp³-hybridized carbons (Fsp3) is 0.562. The van der Waals surface area contributed by atoms with Crippen LogP contribution < -0.4 is 16.4 Å². The van der Waals surface area contributed by atoms with Crippen LogP contribution >= 0.6 is 0 Å². The molecule has 1 amide bonds. The second-order valence-electron chi connectivity index (χ2n) is 5.84. The third-order valence-corrected chi connectivity index (χ3v) is 4.08. The molecule has 1 aromatic heterocycles. The van der Waals surface area contributed by atoms with E-state index in [2.05, 4.69) is 27.5 Å². The minimum absolute atomic E-state index is 0.197. The zero-order valence-corrected chi connectivity index (χ0v) is 13.5. The predicted octanol–water partition coefficient (Wildman–Crippen LogP) is 1.69. The highest BCUT2D eigenvalue weighted by Gasteiger charge is 2.25. The fourth-order valence-corrected chi connectivity index (χ4v) is 2.78. The third-order valence-electron chi connectivity index (χ3n) is 4.08. The van der Waals surface area contributed by atoms with Gasteiger partial charge in [0.2, 0.25) is 0 Å². The largest absolute Gasteiger partial charge is 0.404 e. The fourth-order valence-electron chi connectivity index (χ4n) is 2.78. The predicted molar refractivity (Wildman–Crippen MR) is 88.1 cm³/mol. The van der Waals surface area contributed by atoms with Gasteiger partial charge in [-0.2, -0.15) is 0 Å². The first kappa shape index (κ1) is 16.3. The van der Waals surface area contributed by atoms with Gasteiger partial charge in [-0.1, -0.05) is 13.8 Å². The van der Waals surface area contributed by atoms with Gasteiger partial charge in [-0.3, -0.25) is 4.79 Å². The molecule has 1 aliphatic carbocycles. The summed E-state index contributed by atoms with van der Waals surface area (Å²) < 4.78 is 0. The van der Waals surface area contributed by atoms with Gasteiger partial charge in [0.05, 0.1) is 5.57 Å². The number of carbonyl (C=O) groups is 1. The Bertz CT molecular complexity index is 547. The molecule has 2 atom stereocenters. The van der Waals surface area contributed by atoms with E-state index < -0.39 is 0 Å². The van der Waals surface area contributed by atoms with E-state index in [-0.39, 0.29) is 11.9 Å². The number of hydrogen-bond acceptors (Lipinski definition) is 5. The van der Waals surface area contributed by atoms with Crippen molar-refractivity contribution in [3.8, 4) is 0 Å². The van der Waals surface area contributed by atoms with E-state index in [4.69, 9.17) is 5.73 Å². The van der Waals surface area contributed by atoms with Crippen molar-refractivity contribution in [1.29, 1.82) is 0 Å². The maximum Gasteiger partial charge on any atom is 0.256 e. The molecule has 1 aliphatic rings. The number of nitrogens with two attached hydrogens (primary N) is 1. The molecule has 120 valence electrons. The summed E-state index contributed by atoms with van der Waals surface area (Å²) >= 11 is 0. The van der Waals surface area contributed by atoms with E-state index in [1.165, 1.54) is 6.20 Å². The van der Waals surface area contributed by atoms with E-state index in [0.717, 1.165) is 31.4 Å². The zero-order valence-electron chi connectivity index (χ0n) is 13.5. The molecule has 4 N–H and O–H groups in total. The van der Waals surface area contributed by atoms with Crippen molar-refractivity contribution in [1.82, 2.24) is 15.3 Å². The summed E-state index contributed by atoms with van der Waals surface area (Å²) in [6.07, 6.45) is 5.24. The number of carbonyl (C=O) groups excluding carboxylic acids is 1. The topological polar surface area (TPSA) is 92.9 Å². The van der Waals surface area contributed by atoms with Crippen molar-refractivity contribution in [2.45, 2.75) is 45.6 Å². The molecular formula is C16H25N5O. The Balaban J connectivity index is 2.19. The molecule has 0 aromatic carbocycles. The van der Waals surface area contributed by atoms with Crippen molar-refractivity contribution < 1.29 is 4.79 Å². The molecule has 1 heterocycles. The smallest absolute Gasteiger partial charge is 0.256 e. The molecular weight excluding hydrogens is 278 g/mol. The standard InChI is InChI=1S/C16H25N5O/c1-4-11-8-14(18-3)21-15(19-11)13(9-17)16(22)20-12-6-5-10(2)7-12/h8-10,12H,4-7,17H2,1-3H3,(H,20,22)(H,18,19,21)/b13-9+. The maximum absolute atomic E-state index is 12.5. The van der Waals surface area contributed by atoms with Crippen LogP contribution in [-0.4, -0.2) is 29.0 Å². The molecule has 1 saturated carbocycles. The Morgan fingerprint density at radius 2 is 2.23 bits per heavy atom. The second kappa shape index (κ2) is 7.24.